The highest BCUT2D eigenvalue weighted by atomic mass is 32.1. The molecule has 2 rings (SSSR count). The fourth-order valence-corrected chi connectivity index (χ4v) is 3.97. The number of amides is 5. The van der Waals surface area contributed by atoms with E-state index in [9.17, 15) is 33.9 Å². The monoisotopic (exact) mass is 563 g/mol. The normalized spacial score (nSPS) is 14.0. The summed E-state index contributed by atoms with van der Waals surface area (Å²) in [6, 6.07) is 2.20. The van der Waals surface area contributed by atoms with E-state index in [0.29, 0.717) is 5.56 Å². The first-order chi connectivity index (χ1) is 18.4. The Morgan fingerprint density at radius 3 is 2.03 bits per heavy atom. The van der Waals surface area contributed by atoms with E-state index in [1.165, 1.54) is 0 Å². The number of carbonyl (C=O) groups excluding carboxylic acids is 5. The van der Waals surface area contributed by atoms with E-state index in [0.717, 1.165) is 10.9 Å². The predicted molar refractivity (Wildman–Crippen MR) is 144 cm³/mol. The maximum absolute atomic E-state index is 13.4. The molecular weight excluding hydrogens is 530 g/mol. The van der Waals surface area contributed by atoms with Gasteiger partial charge in [-0.15, -0.1) is 0 Å². The molecule has 1 heterocycles. The molecule has 0 bridgehead atoms. The van der Waals surface area contributed by atoms with Crippen LogP contribution in [0.3, 0.4) is 0 Å². The van der Waals surface area contributed by atoms with Crippen molar-refractivity contribution in [2.75, 3.05) is 5.75 Å². The number of primary amides is 2. The number of carboxylic acid groups (broad SMARTS) is 1. The van der Waals surface area contributed by atoms with Crippen LogP contribution in [0.1, 0.15) is 31.2 Å². The average molecular weight is 564 g/mol. The topological polar surface area (TPSA) is 253 Å². The molecule has 0 aliphatic rings. The molecule has 212 valence electrons. The highest BCUT2D eigenvalue weighted by Crippen LogP contribution is 2.19. The number of rotatable bonds is 16. The number of carboxylic acids is 1. The molecule has 1 aromatic carbocycles. The minimum absolute atomic E-state index is 0.0112. The van der Waals surface area contributed by atoms with Gasteiger partial charge in [0.2, 0.25) is 29.5 Å². The van der Waals surface area contributed by atoms with Gasteiger partial charge < -0.3 is 43.2 Å². The molecule has 11 N–H and O–H groups in total. The Kier molecular flexibility index (Phi) is 11.7. The van der Waals surface area contributed by atoms with Crippen molar-refractivity contribution in [2.45, 2.75) is 56.3 Å². The molecule has 4 unspecified atom stereocenters. The number of hydrogen-bond donors (Lipinski definition) is 9. The van der Waals surface area contributed by atoms with Gasteiger partial charge in [-0.1, -0.05) is 18.2 Å². The molecule has 4 atom stereocenters. The summed E-state index contributed by atoms with van der Waals surface area (Å²) < 4.78 is 0. The predicted octanol–water partition coefficient (Wildman–Crippen LogP) is -1.96. The Bertz CT molecular complexity index is 1220. The Hall–Kier alpha value is -4.11. The number of para-hydroxylation sites is 1. The average Bonchev–Trinajstić information content (AvgIpc) is 3.29. The minimum Gasteiger partial charge on any atom is -0.480 e. The Morgan fingerprint density at radius 2 is 1.41 bits per heavy atom. The lowest BCUT2D eigenvalue weighted by molar-refractivity contribution is -0.141. The van der Waals surface area contributed by atoms with Crippen LogP contribution in [0, 0.1) is 0 Å². The highest BCUT2D eigenvalue weighted by Gasteiger charge is 2.31. The summed E-state index contributed by atoms with van der Waals surface area (Å²) >= 11 is 3.90. The number of nitrogens with two attached hydrogens (primary N) is 3. The van der Waals surface area contributed by atoms with Crippen molar-refractivity contribution in [2.24, 2.45) is 17.2 Å². The number of aliphatic carboxylic acids is 1. The number of benzene rings is 1. The SMILES string of the molecule is NC(=O)CCC(N)C(=O)NC(Cc1c[nH]c2ccccc12)C(=O)NC(CCC(N)=O)C(=O)NC(CS)C(=O)O. The lowest BCUT2D eigenvalue weighted by atomic mass is 10.0. The fraction of sp³-hybridized carbons (Fsp3) is 0.417. The van der Waals surface area contributed by atoms with E-state index in [1.807, 2.05) is 18.2 Å². The molecule has 14 nitrogen and oxygen atoms in total. The maximum atomic E-state index is 13.4. The van der Waals surface area contributed by atoms with Gasteiger partial charge in [-0.05, 0) is 24.5 Å². The molecule has 0 aliphatic heterocycles. The van der Waals surface area contributed by atoms with Gasteiger partial charge in [-0.25, -0.2) is 4.79 Å². The molecular formula is C24H33N7O7S. The molecule has 0 aliphatic carbocycles. The van der Waals surface area contributed by atoms with Crippen LogP contribution in [0.5, 0.6) is 0 Å². The van der Waals surface area contributed by atoms with Gasteiger partial charge in [0.15, 0.2) is 0 Å². The summed E-state index contributed by atoms with van der Waals surface area (Å²) in [5.41, 5.74) is 17.7. The van der Waals surface area contributed by atoms with Crippen LogP contribution in [-0.2, 0) is 35.2 Å². The van der Waals surface area contributed by atoms with Crippen LogP contribution < -0.4 is 33.2 Å². The first-order valence-corrected chi connectivity index (χ1v) is 12.7. The molecule has 39 heavy (non-hydrogen) atoms. The first kappa shape index (κ1) is 31.1. The Labute approximate surface area is 229 Å². The van der Waals surface area contributed by atoms with Gasteiger partial charge >= 0.3 is 5.97 Å². The van der Waals surface area contributed by atoms with Gasteiger partial charge in [0.25, 0.3) is 0 Å². The third-order valence-electron chi connectivity index (χ3n) is 5.88. The lowest BCUT2D eigenvalue weighted by Crippen LogP contribution is -2.58. The maximum Gasteiger partial charge on any atom is 0.327 e. The molecule has 1 aromatic heterocycles. The van der Waals surface area contributed by atoms with E-state index >= 15 is 0 Å². The number of fused-ring (bicyclic) bond motifs is 1. The van der Waals surface area contributed by atoms with Crippen molar-refractivity contribution in [1.29, 1.82) is 0 Å². The van der Waals surface area contributed by atoms with E-state index in [4.69, 9.17) is 17.2 Å². The first-order valence-electron chi connectivity index (χ1n) is 12.0. The second-order valence-electron chi connectivity index (χ2n) is 8.88. The van der Waals surface area contributed by atoms with Crippen molar-refractivity contribution in [3.63, 3.8) is 0 Å². The summed E-state index contributed by atoms with van der Waals surface area (Å²) in [6.45, 7) is 0. The molecule has 5 amide bonds. The summed E-state index contributed by atoms with van der Waals surface area (Å²) in [5.74, 6) is -5.34. The second kappa shape index (κ2) is 14.7. The van der Waals surface area contributed by atoms with Crippen LogP contribution in [0.2, 0.25) is 0 Å². The summed E-state index contributed by atoms with van der Waals surface area (Å²) in [5, 5.41) is 17.3. The van der Waals surface area contributed by atoms with E-state index in [-0.39, 0.29) is 37.9 Å². The molecule has 0 saturated carbocycles. The van der Waals surface area contributed by atoms with Crippen LogP contribution in [0.4, 0.5) is 0 Å². The number of thiol groups is 1. The van der Waals surface area contributed by atoms with E-state index < -0.39 is 59.7 Å². The van der Waals surface area contributed by atoms with Gasteiger partial charge in [-0.3, -0.25) is 24.0 Å². The van der Waals surface area contributed by atoms with Crippen LogP contribution in [0.25, 0.3) is 10.9 Å². The zero-order valence-corrected chi connectivity index (χ0v) is 21.9. The molecule has 15 heteroatoms. The Balaban J connectivity index is 2.30. The standard InChI is InChI=1S/C24H33N7O7S/c25-14(5-7-19(26)32)21(34)30-17(9-12-10-28-15-4-2-1-3-13(12)15)23(36)29-16(6-8-20(27)33)22(35)31-18(11-39)24(37)38/h1-4,10,14,16-18,28,39H,5-9,11,25H2,(H2,26,32)(H2,27,33)(H,29,36)(H,30,34)(H,31,35)(H,37,38). The third kappa shape index (κ3) is 9.61. The molecule has 0 saturated heterocycles. The van der Waals surface area contributed by atoms with Crippen molar-refractivity contribution in [1.82, 2.24) is 20.9 Å². The summed E-state index contributed by atoms with van der Waals surface area (Å²) in [4.78, 5) is 75.8. The summed E-state index contributed by atoms with van der Waals surface area (Å²) in [7, 11) is 0. The zero-order valence-electron chi connectivity index (χ0n) is 21.0. The van der Waals surface area contributed by atoms with E-state index in [1.54, 1.807) is 12.3 Å². The quantitative estimate of drug-likeness (QED) is 0.103. The zero-order chi connectivity index (χ0) is 29.1. The van der Waals surface area contributed by atoms with Crippen molar-refractivity contribution >= 4 is 59.0 Å². The fourth-order valence-electron chi connectivity index (χ4n) is 3.72. The Morgan fingerprint density at radius 1 is 0.846 bits per heavy atom. The number of aromatic amines is 1. The summed E-state index contributed by atoms with van der Waals surface area (Å²) in [6.07, 6.45) is 0.964. The number of H-pyrrole nitrogens is 1. The van der Waals surface area contributed by atoms with Gasteiger partial charge in [-0.2, -0.15) is 12.6 Å². The van der Waals surface area contributed by atoms with Crippen molar-refractivity contribution in [3.05, 3.63) is 36.0 Å². The van der Waals surface area contributed by atoms with Gasteiger partial charge in [0, 0.05) is 42.1 Å². The van der Waals surface area contributed by atoms with Crippen LogP contribution in [-0.4, -0.2) is 75.5 Å². The molecule has 2 aromatic rings. The third-order valence-corrected chi connectivity index (χ3v) is 6.25. The molecule has 0 fully saturated rings. The number of nitrogens with one attached hydrogen (secondary N) is 4. The molecule has 0 radical (unpaired) electrons. The number of aromatic nitrogens is 1. The van der Waals surface area contributed by atoms with Crippen molar-refractivity contribution in [3.8, 4) is 0 Å². The largest absolute Gasteiger partial charge is 0.480 e. The van der Waals surface area contributed by atoms with E-state index in [2.05, 4.69) is 33.6 Å². The minimum atomic E-state index is -1.35. The highest BCUT2D eigenvalue weighted by molar-refractivity contribution is 7.80. The smallest absolute Gasteiger partial charge is 0.327 e. The number of carbonyl (C=O) groups is 6. The molecule has 0 spiro atoms. The second-order valence-corrected chi connectivity index (χ2v) is 9.25. The van der Waals surface area contributed by atoms with Crippen LogP contribution >= 0.6 is 12.6 Å². The van der Waals surface area contributed by atoms with Gasteiger partial charge in [0.05, 0.1) is 6.04 Å². The van der Waals surface area contributed by atoms with Crippen molar-refractivity contribution < 1.29 is 33.9 Å². The van der Waals surface area contributed by atoms with Crippen LogP contribution in [0.15, 0.2) is 30.5 Å². The number of hydrogen-bond acceptors (Lipinski definition) is 8. The van der Waals surface area contributed by atoms with Gasteiger partial charge in [0.1, 0.15) is 18.1 Å². The lowest BCUT2D eigenvalue weighted by Gasteiger charge is -2.25.